The maximum atomic E-state index is 13.1. The van der Waals surface area contributed by atoms with Crippen LogP contribution in [0.15, 0.2) is 0 Å². The van der Waals surface area contributed by atoms with Crippen molar-refractivity contribution in [1.29, 1.82) is 0 Å². The molecule has 0 radical (unpaired) electrons. The lowest BCUT2D eigenvalue weighted by molar-refractivity contribution is -0.169. The number of fused-ring (bicyclic) bond motifs is 4. The summed E-state index contributed by atoms with van der Waals surface area (Å²) in [7, 11) is 2.67. The molecule has 0 aliphatic heterocycles. The zero-order valence-electron chi connectivity index (χ0n) is 31.5. The maximum absolute atomic E-state index is 13.1. The minimum Gasteiger partial charge on any atom is -0.460 e. The van der Waals surface area contributed by atoms with Gasteiger partial charge in [0, 0.05) is 6.61 Å². The van der Waals surface area contributed by atoms with E-state index in [1.165, 1.54) is 14.2 Å². The standard InChI is InChI=1S/C19H32N2O6S.C15H25NO6S/c1-9-10(2)13-8-12(9)14(15(13)18(24)26-19(4,5)6)17(23)20-11(3)16(22)21-28-27-25-7;1-5-20-7-21-15(18)13-11-6-10(8(2)9(11)3)12(13)14(17)16-23-22-19-4/h9-15H,8H2,1-7H3,(H,20,23)(H,21,22);8-13H,5-7H2,1-4H3,(H,16,17). The van der Waals surface area contributed by atoms with Crippen LogP contribution in [0.1, 0.15) is 75.2 Å². The van der Waals surface area contributed by atoms with E-state index in [0.29, 0.717) is 54.7 Å². The number of carbonyl (C=O) groups excluding carboxylic acids is 5. The Balaban J connectivity index is 0.000000281. The Labute approximate surface area is 310 Å². The van der Waals surface area contributed by atoms with Crippen molar-refractivity contribution in [2.75, 3.05) is 27.6 Å². The fourth-order valence-corrected chi connectivity index (χ4v) is 9.41. The lowest BCUT2D eigenvalue weighted by Gasteiger charge is -2.37. The summed E-state index contributed by atoms with van der Waals surface area (Å²) in [5.41, 5.74) is -0.611. The molecule has 0 spiro atoms. The summed E-state index contributed by atoms with van der Waals surface area (Å²) in [6.07, 6.45) is 1.72. The van der Waals surface area contributed by atoms with Crippen molar-refractivity contribution in [3.05, 3.63) is 0 Å². The third kappa shape index (κ3) is 10.5. The van der Waals surface area contributed by atoms with Crippen molar-refractivity contribution < 1.29 is 56.6 Å². The molecule has 3 N–H and O–H groups in total. The Bertz CT molecular complexity index is 1180. The minimum absolute atomic E-state index is 0.0664. The molecule has 4 aliphatic rings. The molecule has 17 heteroatoms. The summed E-state index contributed by atoms with van der Waals surface area (Å²) in [6.45, 7) is 17.9. The predicted octanol–water partition coefficient (Wildman–Crippen LogP) is 4.18. The molecule has 4 saturated carbocycles. The second-order valence-electron chi connectivity index (χ2n) is 15.1. The molecule has 0 aromatic rings. The van der Waals surface area contributed by atoms with E-state index in [4.69, 9.17) is 14.2 Å². The van der Waals surface area contributed by atoms with Crippen molar-refractivity contribution in [3.63, 3.8) is 0 Å². The summed E-state index contributed by atoms with van der Waals surface area (Å²) in [6, 6.07) is -0.772. The summed E-state index contributed by atoms with van der Waals surface area (Å²) < 4.78 is 30.1. The third-order valence-corrected chi connectivity index (χ3v) is 12.3. The van der Waals surface area contributed by atoms with Gasteiger partial charge in [0.2, 0.25) is 11.8 Å². The Morgan fingerprint density at radius 2 is 1.16 bits per heavy atom. The van der Waals surface area contributed by atoms with E-state index in [9.17, 15) is 24.0 Å². The molecule has 13 atom stereocenters. The monoisotopic (exact) mass is 763 g/mol. The van der Waals surface area contributed by atoms with E-state index in [1.807, 2.05) is 27.7 Å². The van der Waals surface area contributed by atoms with Gasteiger partial charge in [-0.05, 0) is 94.8 Å². The Kier molecular flexibility index (Phi) is 16.3. The lowest BCUT2D eigenvalue weighted by Crippen LogP contribution is -2.51. The highest BCUT2D eigenvalue weighted by Crippen LogP contribution is 2.59. The molecular formula is C34H57N3O12S2. The van der Waals surface area contributed by atoms with E-state index >= 15 is 0 Å². The van der Waals surface area contributed by atoms with Gasteiger partial charge in [-0.3, -0.25) is 33.4 Å². The van der Waals surface area contributed by atoms with E-state index in [0.717, 1.165) is 12.8 Å². The van der Waals surface area contributed by atoms with Crippen LogP contribution in [0.3, 0.4) is 0 Å². The smallest absolute Gasteiger partial charge is 0.312 e. The summed E-state index contributed by atoms with van der Waals surface area (Å²) >= 11 is 1.34. The van der Waals surface area contributed by atoms with Gasteiger partial charge in [-0.15, -0.1) is 8.67 Å². The van der Waals surface area contributed by atoms with Crippen LogP contribution < -0.4 is 14.8 Å². The van der Waals surface area contributed by atoms with Crippen LogP contribution in [-0.2, 0) is 56.6 Å². The molecule has 4 rings (SSSR count). The highest BCUT2D eigenvalue weighted by atomic mass is 32.2. The molecule has 3 amide bonds. The number of esters is 2. The van der Waals surface area contributed by atoms with Crippen LogP contribution in [0.25, 0.3) is 0 Å². The van der Waals surface area contributed by atoms with Crippen molar-refractivity contribution in [2.45, 2.75) is 86.8 Å². The van der Waals surface area contributed by atoms with Crippen LogP contribution in [0.2, 0.25) is 0 Å². The first-order chi connectivity index (χ1) is 24.0. The average molecular weight is 764 g/mol. The first kappa shape index (κ1) is 43.3. The number of carbonyl (C=O) groups is 5. The number of hydrogen-bond acceptors (Lipinski definition) is 14. The second-order valence-corrected chi connectivity index (χ2v) is 16.1. The Hall–Kier alpha value is -2.15. The maximum Gasteiger partial charge on any atom is 0.312 e. The summed E-state index contributed by atoms with van der Waals surface area (Å²) in [4.78, 5) is 71.8. The van der Waals surface area contributed by atoms with E-state index < -0.39 is 41.2 Å². The topological polar surface area (TPSA) is 186 Å². The Morgan fingerprint density at radius 3 is 1.63 bits per heavy atom. The molecule has 292 valence electrons. The largest absolute Gasteiger partial charge is 0.460 e. The fourth-order valence-electron chi connectivity index (χ4n) is 8.73. The van der Waals surface area contributed by atoms with E-state index in [2.05, 4.69) is 60.9 Å². The number of amides is 3. The number of hydrogen-bond donors (Lipinski definition) is 3. The molecule has 15 nitrogen and oxygen atoms in total. The van der Waals surface area contributed by atoms with Gasteiger partial charge >= 0.3 is 11.9 Å². The zero-order chi connectivity index (χ0) is 38.2. The highest BCUT2D eigenvalue weighted by molar-refractivity contribution is 7.93. The van der Waals surface area contributed by atoms with Gasteiger partial charge in [-0.25, -0.2) is 9.78 Å². The van der Waals surface area contributed by atoms with Crippen molar-refractivity contribution in [2.24, 2.45) is 71.0 Å². The first-order valence-electron chi connectivity index (χ1n) is 17.6. The molecule has 0 aromatic carbocycles. The number of ether oxygens (including phenoxy) is 3. The molecule has 0 aromatic heterocycles. The summed E-state index contributed by atoms with van der Waals surface area (Å²) in [5, 5.41) is 2.75. The Morgan fingerprint density at radius 1 is 0.706 bits per heavy atom. The molecule has 13 unspecified atom stereocenters. The quantitative estimate of drug-likeness (QED) is 0.0410. The van der Waals surface area contributed by atoms with Crippen LogP contribution in [0, 0.1) is 71.0 Å². The van der Waals surface area contributed by atoms with E-state index in [-0.39, 0.29) is 54.2 Å². The van der Waals surface area contributed by atoms with Gasteiger partial charge in [-0.2, -0.15) is 0 Å². The van der Waals surface area contributed by atoms with Gasteiger partial charge in [0.1, 0.15) is 11.6 Å². The number of nitrogens with one attached hydrogen (secondary N) is 3. The zero-order valence-corrected chi connectivity index (χ0v) is 33.2. The molecule has 0 saturated heterocycles. The van der Waals surface area contributed by atoms with Gasteiger partial charge in [0.05, 0.1) is 37.9 Å². The second kappa shape index (κ2) is 19.3. The fraction of sp³-hybridized carbons (Fsp3) is 0.853. The van der Waals surface area contributed by atoms with Crippen LogP contribution >= 0.6 is 24.5 Å². The summed E-state index contributed by atoms with van der Waals surface area (Å²) in [5.74, 6) is -1.25. The minimum atomic E-state index is -0.772. The number of rotatable bonds is 15. The molecule has 51 heavy (non-hydrogen) atoms. The van der Waals surface area contributed by atoms with Crippen LogP contribution in [0.5, 0.6) is 0 Å². The molecule has 4 aliphatic carbocycles. The van der Waals surface area contributed by atoms with Gasteiger partial charge in [0.15, 0.2) is 31.3 Å². The SMILES string of the molecule is CCOCOC(=O)C1C2CC(C(C)C2C)C1C(=O)NSOOC.COOSNC(=O)C(C)NC(=O)C1C2CC(C(C)C2C)C1C(=O)OC(C)(C)C. The first-order valence-corrected chi connectivity index (χ1v) is 19.1. The lowest BCUT2D eigenvalue weighted by atomic mass is 9.69. The highest BCUT2D eigenvalue weighted by Gasteiger charge is 2.61. The van der Waals surface area contributed by atoms with E-state index in [1.54, 1.807) is 6.92 Å². The molecule has 4 bridgehead atoms. The van der Waals surface area contributed by atoms with Crippen molar-refractivity contribution in [1.82, 2.24) is 14.8 Å². The average Bonchev–Trinajstić information content (AvgIpc) is 3.80. The van der Waals surface area contributed by atoms with Crippen LogP contribution in [-0.4, -0.2) is 68.9 Å². The van der Waals surface area contributed by atoms with Crippen molar-refractivity contribution in [3.8, 4) is 0 Å². The van der Waals surface area contributed by atoms with Crippen molar-refractivity contribution >= 4 is 54.1 Å². The van der Waals surface area contributed by atoms with Gasteiger partial charge in [0.25, 0.3) is 5.91 Å². The predicted molar refractivity (Wildman–Crippen MR) is 188 cm³/mol. The van der Waals surface area contributed by atoms with Crippen LogP contribution in [0.4, 0.5) is 0 Å². The molecular weight excluding hydrogens is 707 g/mol. The molecule has 0 heterocycles. The van der Waals surface area contributed by atoms with Gasteiger partial charge in [-0.1, -0.05) is 27.7 Å². The third-order valence-electron chi connectivity index (χ3n) is 11.4. The molecule has 4 fully saturated rings. The van der Waals surface area contributed by atoms with Gasteiger partial charge < -0.3 is 19.5 Å². The normalized spacial score (nSPS) is 33.9.